The number of carbonyl (C=O) groups excluding carboxylic acids is 2. The van der Waals surface area contributed by atoms with Crippen molar-refractivity contribution in [2.75, 3.05) is 26.2 Å². The van der Waals surface area contributed by atoms with Crippen molar-refractivity contribution in [3.63, 3.8) is 0 Å². The molecule has 0 aromatic heterocycles. The molecule has 0 spiro atoms. The summed E-state index contributed by atoms with van der Waals surface area (Å²) in [6.45, 7) is 7.36. The minimum absolute atomic E-state index is 0. The predicted molar refractivity (Wildman–Crippen MR) is 94.7 cm³/mol. The molecule has 2 fully saturated rings. The van der Waals surface area contributed by atoms with E-state index in [2.05, 4.69) is 17.6 Å². The number of piperidine rings is 1. The average Bonchev–Trinajstić information content (AvgIpc) is 2.53. The second-order valence-electron chi connectivity index (χ2n) is 6.87. The molecule has 0 aromatic carbocycles. The number of rotatable bonds is 5. The van der Waals surface area contributed by atoms with E-state index in [0.717, 1.165) is 64.7 Å². The Morgan fingerprint density at radius 3 is 2.26 bits per heavy atom. The first-order chi connectivity index (χ1) is 10.6. The number of amides is 2. The number of likely N-dealkylation sites (tertiary alicyclic amines) is 1. The van der Waals surface area contributed by atoms with E-state index in [-0.39, 0.29) is 24.2 Å². The molecule has 0 aromatic rings. The van der Waals surface area contributed by atoms with E-state index >= 15 is 0 Å². The van der Waals surface area contributed by atoms with Crippen molar-refractivity contribution in [1.82, 2.24) is 15.5 Å². The molecular formula is C17H32ClN3O2. The maximum atomic E-state index is 13.0. The Kier molecular flexibility index (Phi) is 8.34. The molecular weight excluding hydrogens is 314 g/mol. The lowest BCUT2D eigenvalue weighted by molar-refractivity contribution is -0.144. The molecule has 0 bridgehead atoms. The summed E-state index contributed by atoms with van der Waals surface area (Å²) in [5, 5.41) is 6.39. The number of nitrogens with one attached hydrogen (secondary N) is 2. The zero-order valence-corrected chi connectivity index (χ0v) is 15.3. The van der Waals surface area contributed by atoms with Gasteiger partial charge >= 0.3 is 0 Å². The van der Waals surface area contributed by atoms with Gasteiger partial charge in [-0.15, -0.1) is 12.4 Å². The van der Waals surface area contributed by atoms with Crippen LogP contribution in [-0.4, -0.2) is 48.4 Å². The van der Waals surface area contributed by atoms with Crippen molar-refractivity contribution < 1.29 is 9.59 Å². The summed E-state index contributed by atoms with van der Waals surface area (Å²) < 4.78 is 0. The van der Waals surface area contributed by atoms with Crippen LogP contribution >= 0.6 is 12.4 Å². The Bertz CT molecular complexity index is 389. The van der Waals surface area contributed by atoms with E-state index in [9.17, 15) is 9.59 Å². The number of hydrogen-bond donors (Lipinski definition) is 2. The monoisotopic (exact) mass is 345 g/mol. The zero-order valence-electron chi connectivity index (χ0n) is 14.5. The van der Waals surface area contributed by atoms with Crippen LogP contribution < -0.4 is 10.6 Å². The van der Waals surface area contributed by atoms with E-state index < -0.39 is 5.54 Å². The molecule has 0 unspecified atom stereocenters. The standard InChI is InChI=1S/C17H31N3O2.ClH/c1-3-18-13-15-7-11-20(12-8-15)16(22)17(19-14(2)21)9-5-4-6-10-17;/h15,18H,3-13H2,1-2H3,(H,19,21);1H. The molecule has 2 rings (SSSR count). The highest BCUT2D eigenvalue weighted by Crippen LogP contribution is 2.31. The molecule has 1 saturated carbocycles. The Labute approximate surface area is 146 Å². The van der Waals surface area contributed by atoms with Crippen LogP contribution in [0.1, 0.15) is 58.8 Å². The average molecular weight is 346 g/mol. The first-order valence-electron chi connectivity index (χ1n) is 8.86. The van der Waals surface area contributed by atoms with E-state index in [1.54, 1.807) is 0 Å². The molecule has 5 nitrogen and oxygen atoms in total. The summed E-state index contributed by atoms with van der Waals surface area (Å²) in [6, 6.07) is 0. The van der Waals surface area contributed by atoms with Crippen molar-refractivity contribution in [3.05, 3.63) is 0 Å². The highest BCUT2D eigenvalue weighted by Gasteiger charge is 2.43. The highest BCUT2D eigenvalue weighted by molar-refractivity contribution is 5.91. The summed E-state index contributed by atoms with van der Waals surface area (Å²) in [7, 11) is 0. The van der Waals surface area contributed by atoms with Gasteiger partial charge < -0.3 is 15.5 Å². The summed E-state index contributed by atoms with van der Waals surface area (Å²) in [4.78, 5) is 26.6. The van der Waals surface area contributed by atoms with Crippen LogP contribution in [0, 0.1) is 5.92 Å². The first kappa shape index (κ1) is 20.2. The van der Waals surface area contributed by atoms with E-state index in [0.29, 0.717) is 5.92 Å². The maximum absolute atomic E-state index is 13.0. The van der Waals surface area contributed by atoms with Gasteiger partial charge in [0.25, 0.3) is 0 Å². The third-order valence-electron chi connectivity index (χ3n) is 5.12. The lowest BCUT2D eigenvalue weighted by Gasteiger charge is -2.42. The Morgan fingerprint density at radius 2 is 1.74 bits per heavy atom. The molecule has 0 radical (unpaired) electrons. The van der Waals surface area contributed by atoms with Gasteiger partial charge in [-0.2, -0.15) is 0 Å². The summed E-state index contributed by atoms with van der Waals surface area (Å²) in [6.07, 6.45) is 6.94. The molecule has 1 aliphatic heterocycles. The van der Waals surface area contributed by atoms with Crippen molar-refractivity contribution in [3.8, 4) is 0 Å². The van der Waals surface area contributed by atoms with Gasteiger partial charge in [0.05, 0.1) is 0 Å². The van der Waals surface area contributed by atoms with Crippen LogP contribution in [0.15, 0.2) is 0 Å². The lowest BCUT2D eigenvalue weighted by atomic mass is 9.79. The van der Waals surface area contributed by atoms with Crippen LogP contribution in [-0.2, 0) is 9.59 Å². The van der Waals surface area contributed by atoms with Crippen LogP contribution in [0.3, 0.4) is 0 Å². The van der Waals surface area contributed by atoms with Gasteiger partial charge in [0.15, 0.2) is 0 Å². The van der Waals surface area contributed by atoms with Gasteiger partial charge in [0.2, 0.25) is 11.8 Å². The van der Waals surface area contributed by atoms with Crippen LogP contribution in [0.25, 0.3) is 0 Å². The largest absolute Gasteiger partial charge is 0.342 e. The fourth-order valence-electron chi connectivity index (χ4n) is 3.88. The number of halogens is 1. The minimum atomic E-state index is -0.626. The molecule has 6 heteroatoms. The summed E-state index contributed by atoms with van der Waals surface area (Å²) in [5.74, 6) is 0.744. The molecule has 0 atom stereocenters. The molecule has 1 saturated heterocycles. The third-order valence-corrected chi connectivity index (χ3v) is 5.12. The van der Waals surface area contributed by atoms with Gasteiger partial charge in [-0.1, -0.05) is 26.2 Å². The maximum Gasteiger partial charge on any atom is 0.248 e. The Morgan fingerprint density at radius 1 is 1.13 bits per heavy atom. The summed E-state index contributed by atoms with van der Waals surface area (Å²) >= 11 is 0. The van der Waals surface area contributed by atoms with E-state index in [4.69, 9.17) is 0 Å². The van der Waals surface area contributed by atoms with Gasteiger partial charge in [0.1, 0.15) is 5.54 Å². The lowest BCUT2D eigenvalue weighted by Crippen LogP contribution is -2.61. The number of hydrogen-bond acceptors (Lipinski definition) is 3. The van der Waals surface area contributed by atoms with Gasteiger partial charge in [-0.25, -0.2) is 0 Å². The third kappa shape index (κ3) is 5.35. The predicted octanol–water partition coefficient (Wildman–Crippen LogP) is 2.10. The molecule has 1 aliphatic carbocycles. The first-order valence-corrected chi connectivity index (χ1v) is 8.86. The molecule has 134 valence electrons. The van der Waals surface area contributed by atoms with E-state index in [1.807, 2.05) is 4.90 Å². The van der Waals surface area contributed by atoms with Gasteiger partial charge in [-0.3, -0.25) is 9.59 Å². The SMILES string of the molecule is CCNCC1CCN(C(=O)C2(NC(C)=O)CCCCC2)CC1.Cl. The van der Waals surface area contributed by atoms with Crippen molar-refractivity contribution >= 4 is 24.2 Å². The number of carbonyl (C=O) groups is 2. The normalized spacial score (nSPS) is 21.4. The minimum Gasteiger partial charge on any atom is -0.342 e. The topological polar surface area (TPSA) is 61.4 Å². The van der Waals surface area contributed by atoms with E-state index in [1.165, 1.54) is 13.3 Å². The fraction of sp³-hybridized carbons (Fsp3) is 0.882. The highest BCUT2D eigenvalue weighted by atomic mass is 35.5. The van der Waals surface area contributed by atoms with Gasteiger partial charge in [-0.05, 0) is 44.7 Å². The molecule has 2 N–H and O–H groups in total. The van der Waals surface area contributed by atoms with Crippen LogP contribution in [0.2, 0.25) is 0 Å². The van der Waals surface area contributed by atoms with Crippen molar-refractivity contribution in [2.24, 2.45) is 5.92 Å². The fourth-order valence-corrected chi connectivity index (χ4v) is 3.88. The molecule has 23 heavy (non-hydrogen) atoms. The smallest absolute Gasteiger partial charge is 0.248 e. The van der Waals surface area contributed by atoms with Crippen molar-refractivity contribution in [2.45, 2.75) is 64.3 Å². The summed E-state index contributed by atoms with van der Waals surface area (Å²) in [5.41, 5.74) is -0.626. The second-order valence-corrected chi connectivity index (χ2v) is 6.87. The molecule has 2 amide bonds. The zero-order chi connectivity index (χ0) is 16.0. The number of nitrogens with zero attached hydrogens (tertiary/aromatic N) is 1. The Balaban J connectivity index is 0.00000264. The molecule has 2 aliphatic rings. The quantitative estimate of drug-likeness (QED) is 0.802. The van der Waals surface area contributed by atoms with Crippen molar-refractivity contribution in [1.29, 1.82) is 0 Å². The van der Waals surface area contributed by atoms with Gasteiger partial charge in [0, 0.05) is 20.0 Å². The Hall–Kier alpha value is -0.810. The molecule has 1 heterocycles. The van der Waals surface area contributed by atoms with Crippen LogP contribution in [0.4, 0.5) is 0 Å². The van der Waals surface area contributed by atoms with Crippen LogP contribution in [0.5, 0.6) is 0 Å². The second kappa shape index (κ2) is 9.48.